The van der Waals surface area contributed by atoms with E-state index in [2.05, 4.69) is 9.29 Å². The van der Waals surface area contributed by atoms with E-state index in [0.717, 1.165) is 33.8 Å². The third-order valence-electron chi connectivity index (χ3n) is 4.51. The lowest BCUT2D eigenvalue weighted by Crippen LogP contribution is -2.25. The molecule has 0 aliphatic heterocycles. The van der Waals surface area contributed by atoms with Crippen LogP contribution in [0.15, 0.2) is 60.7 Å². The van der Waals surface area contributed by atoms with Gasteiger partial charge in [0.05, 0.1) is 5.75 Å². The third-order valence-corrected chi connectivity index (χ3v) is 5.81. The number of benzene rings is 2. The van der Waals surface area contributed by atoms with Crippen molar-refractivity contribution in [3.05, 3.63) is 88.7 Å². The van der Waals surface area contributed by atoms with Gasteiger partial charge in [-0.05, 0) is 50.1 Å². The van der Waals surface area contributed by atoms with Gasteiger partial charge in [-0.25, -0.2) is 13.1 Å². The van der Waals surface area contributed by atoms with Crippen molar-refractivity contribution >= 4 is 10.0 Å². The van der Waals surface area contributed by atoms with Crippen LogP contribution in [0, 0.1) is 20.8 Å². The van der Waals surface area contributed by atoms with Crippen LogP contribution < -0.4 is 4.72 Å². The predicted octanol–water partition coefficient (Wildman–Crippen LogP) is 4.02. The topological polar surface area (TPSA) is 51.1 Å². The number of aromatic nitrogens is 1. The highest BCUT2D eigenvalue weighted by Crippen LogP contribution is 2.21. The molecule has 0 atom stereocenters. The molecule has 136 valence electrons. The number of para-hydroxylation sites is 1. The van der Waals surface area contributed by atoms with Crippen molar-refractivity contribution in [3.63, 3.8) is 0 Å². The normalized spacial score (nSPS) is 11.7. The molecule has 5 heteroatoms. The van der Waals surface area contributed by atoms with E-state index < -0.39 is 10.0 Å². The molecule has 1 aromatic heterocycles. The Bertz CT molecular complexity index is 988. The van der Waals surface area contributed by atoms with Gasteiger partial charge in [0.2, 0.25) is 10.0 Å². The summed E-state index contributed by atoms with van der Waals surface area (Å²) in [7, 11) is -3.39. The summed E-state index contributed by atoms with van der Waals surface area (Å²) in [6, 6.07) is 19.7. The van der Waals surface area contributed by atoms with E-state index in [-0.39, 0.29) is 5.75 Å². The quantitative estimate of drug-likeness (QED) is 0.714. The Morgan fingerprint density at radius 3 is 2.23 bits per heavy atom. The fourth-order valence-electron chi connectivity index (χ4n) is 3.13. The lowest BCUT2D eigenvalue weighted by molar-refractivity contribution is 0.580. The molecule has 0 bridgehead atoms. The number of nitrogens with zero attached hydrogens (tertiary/aromatic N) is 1. The van der Waals surface area contributed by atoms with Crippen LogP contribution in [0.5, 0.6) is 0 Å². The standard InChI is InChI=1S/C21H24N2O2S/c1-16-9-11-19(12-10-16)15-26(24,25)22-14-20-13-17(2)23(18(20)3)21-7-5-4-6-8-21/h4-13,22H,14-15H2,1-3H3. The highest BCUT2D eigenvalue weighted by molar-refractivity contribution is 7.88. The summed E-state index contributed by atoms with van der Waals surface area (Å²) in [4.78, 5) is 0. The Balaban J connectivity index is 1.74. The number of aryl methyl sites for hydroxylation is 2. The Morgan fingerprint density at radius 2 is 1.58 bits per heavy atom. The first-order chi connectivity index (χ1) is 12.4. The Labute approximate surface area is 155 Å². The van der Waals surface area contributed by atoms with Gasteiger partial charge in [-0.3, -0.25) is 0 Å². The highest BCUT2D eigenvalue weighted by Gasteiger charge is 2.15. The molecule has 0 fully saturated rings. The SMILES string of the molecule is Cc1ccc(CS(=O)(=O)NCc2cc(C)n(-c3ccccc3)c2C)cc1. The molecule has 0 spiro atoms. The minimum atomic E-state index is -3.39. The van der Waals surface area contributed by atoms with Gasteiger partial charge in [-0.15, -0.1) is 0 Å². The van der Waals surface area contributed by atoms with Gasteiger partial charge < -0.3 is 4.57 Å². The van der Waals surface area contributed by atoms with Crippen molar-refractivity contribution in [2.45, 2.75) is 33.1 Å². The molecule has 1 N–H and O–H groups in total. The van der Waals surface area contributed by atoms with E-state index in [1.54, 1.807) is 0 Å². The van der Waals surface area contributed by atoms with Crippen molar-refractivity contribution in [1.29, 1.82) is 0 Å². The van der Waals surface area contributed by atoms with E-state index in [9.17, 15) is 8.42 Å². The average Bonchev–Trinajstić information content (AvgIpc) is 2.90. The maximum absolute atomic E-state index is 12.4. The first kappa shape index (κ1) is 18.4. The molecule has 26 heavy (non-hydrogen) atoms. The second kappa shape index (κ2) is 7.48. The molecule has 0 saturated heterocycles. The van der Waals surface area contributed by atoms with Gasteiger partial charge in [0.1, 0.15) is 0 Å². The van der Waals surface area contributed by atoms with Gasteiger partial charge in [0.15, 0.2) is 0 Å². The molecular weight excluding hydrogens is 344 g/mol. The lowest BCUT2D eigenvalue weighted by Gasteiger charge is -2.10. The third kappa shape index (κ3) is 4.23. The molecule has 0 radical (unpaired) electrons. The maximum atomic E-state index is 12.4. The van der Waals surface area contributed by atoms with Crippen molar-refractivity contribution in [3.8, 4) is 5.69 Å². The Morgan fingerprint density at radius 1 is 0.923 bits per heavy atom. The van der Waals surface area contributed by atoms with E-state index in [1.807, 2.05) is 81.4 Å². The van der Waals surface area contributed by atoms with Crippen LogP contribution >= 0.6 is 0 Å². The van der Waals surface area contributed by atoms with E-state index in [0.29, 0.717) is 6.54 Å². The molecule has 0 aliphatic carbocycles. The van der Waals surface area contributed by atoms with E-state index in [4.69, 9.17) is 0 Å². The fourth-order valence-corrected chi connectivity index (χ4v) is 4.23. The molecule has 4 nitrogen and oxygen atoms in total. The van der Waals surface area contributed by atoms with Crippen molar-refractivity contribution in [2.24, 2.45) is 0 Å². The number of rotatable bonds is 6. The van der Waals surface area contributed by atoms with E-state index >= 15 is 0 Å². The molecular formula is C21H24N2O2S. The van der Waals surface area contributed by atoms with Gasteiger partial charge in [0, 0.05) is 23.6 Å². The van der Waals surface area contributed by atoms with Gasteiger partial charge in [-0.2, -0.15) is 0 Å². The molecule has 3 aromatic rings. The monoisotopic (exact) mass is 368 g/mol. The van der Waals surface area contributed by atoms with Crippen LogP contribution in [-0.2, 0) is 22.3 Å². The molecule has 0 unspecified atom stereocenters. The summed E-state index contributed by atoms with van der Waals surface area (Å²) in [5.74, 6) is -0.00922. The number of sulfonamides is 1. The highest BCUT2D eigenvalue weighted by atomic mass is 32.2. The summed E-state index contributed by atoms with van der Waals surface area (Å²) >= 11 is 0. The zero-order chi connectivity index (χ0) is 18.7. The molecule has 0 saturated carbocycles. The smallest absolute Gasteiger partial charge is 0.216 e. The molecule has 1 heterocycles. The Kier molecular flexibility index (Phi) is 5.30. The molecule has 3 rings (SSSR count). The fraction of sp³-hybridized carbons (Fsp3) is 0.238. The zero-order valence-electron chi connectivity index (χ0n) is 15.4. The molecule has 2 aromatic carbocycles. The first-order valence-electron chi connectivity index (χ1n) is 8.62. The zero-order valence-corrected chi connectivity index (χ0v) is 16.2. The minimum Gasteiger partial charge on any atom is -0.318 e. The van der Waals surface area contributed by atoms with Crippen LogP contribution in [0.25, 0.3) is 5.69 Å². The van der Waals surface area contributed by atoms with Crippen LogP contribution in [0.2, 0.25) is 0 Å². The maximum Gasteiger partial charge on any atom is 0.216 e. The summed E-state index contributed by atoms with van der Waals surface area (Å²) < 4.78 is 29.7. The second-order valence-corrected chi connectivity index (χ2v) is 8.44. The van der Waals surface area contributed by atoms with Crippen LogP contribution in [0.4, 0.5) is 0 Å². The van der Waals surface area contributed by atoms with Gasteiger partial charge in [-0.1, -0.05) is 48.0 Å². The number of hydrogen-bond donors (Lipinski definition) is 1. The van der Waals surface area contributed by atoms with Crippen LogP contribution in [0.1, 0.15) is 28.1 Å². The summed E-state index contributed by atoms with van der Waals surface area (Å²) in [5, 5.41) is 0. The van der Waals surface area contributed by atoms with Crippen molar-refractivity contribution < 1.29 is 8.42 Å². The second-order valence-electron chi connectivity index (χ2n) is 6.63. The van der Waals surface area contributed by atoms with Crippen molar-refractivity contribution in [1.82, 2.24) is 9.29 Å². The van der Waals surface area contributed by atoms with Crippen LogP contribution in [0.3, 0.4) is 0 Å². The summed E-state index contributed by atoms with van der Waals surface area (Å²) in [5.41, 5.74) is 6.11. The number of hydrogen-bond acceptors (Lipinski definition) is 2. The molecule has 0 aliphatic rings. The molecule has 0 amide bonds. The summed E-state index contributed by atoms with van der Waals surface area (Å²) in [6.45, 7) is 6.33. The average molecular weight is 369 g/mol. The van der Waals surface area contributed by atoms with Crippen LogP contribution in [-0.4, -0.2) is 13.0 Å². The Hall–Kier alpha value is -2.37. The number of nitrogens with one attached hydrogen (secondary N) is 1. The van der Waals surface area contributed by atoms with E-state index in [1.165, 1.54) is 0 Å². The minimum absolute atomic E-state index is 0.00922. The first-order valence-corrected chi connectivity index (χ1v) is 10.3. The largest absolute Gasteiger partial charge is 0.318 e. The summed E-state index contributed by atoms with van der Waals surface area (Å²) in [6.07, 6.45) is 0. The lowest BCUT2D eigenvalue weighted by atomic mass is 10.2. The van der Waals surface area contributed by atoms with Crippen molar-refractivity contribution in [2.75, 3.05) is 0 Å². The van der Waals surface area contributed by atoms with Gasteiger partial charge >= 0.3 is 0 Å². The van der Waals surface area contributed by atoms with Gasteiger partial charge in [0.25, 0.3) is 0 Å². The predicted molar refractivity (Wildman–Crippen MR) is 106 cm³/mol.